The maximum atomic E-state index is 12.2. The van der Waals surface area contributed by atoms with Crippen LogP contribution in [0.4, 0.5) is 0 Å². The first-order valence-corrected chi connectivity index (χ1v) is 7.66. The van der Waals surface area contributed by atoms with Crippen LogP contribution in [0.1, 0.15) is 32.6 Å². The first-order valence-electron chi connectivity index (χ1n) is 7.66. The van der Waals surface area contributed by atoms with Crippen molar-refractivity contribution in [2.45, 2.75) is 45.0 Å². The van der Waals surface area contributed by atoms with Gasteiger partial charge in [-0.05, 0) is 26.2 Å². The number of carbonyl (C=O) groups is 2. The third-order valence-corrected chi connectivity index (χ3v) is 4.20. The summed E-state index contributed by atoms with van der Waals surface area (Å²) in [6, 6.07) is 0. The molecular weight excluding hydrogens is 306 g/mol. The van der Waals surface area contributed by atoms with Gasteiger partial charge in [0, 0.05) is 13.0 Å². The van der Waals surface area contributed by atoms with Crippen molar-refractivity contribution in [1.82, 2.24) is 0 Å². The maximum Gasteiger partial charge on any atom is 0.351 e. The van der Waals surface area contributed by atoms with E-state index in [-0.39, 0.29) is 6.29 Å². The molecule has 3 atom stereocenters. The summed E-state index contributed by atoms with van der Waals surface area (Å²) in [4.78, 5) is 29.1. The lowest BCUT2D eigenvalue weighted by Gasteiger charge is -2.26. The van der Waals surface area contributed by atoms with E-state index < -0.39 is 23.5 Å². The zero-order chi connectivity index (χ0) is 16.9. The minimum atomic E-state index is -1.32. The topological polar surface area (TPSA) is 92.7 Å². The van der Waals surface area contributed by atoms with Crippen molar-refractivity contribution in [3.8, 4) is 0 Å². The highest BCUT2D eigenvalue weighted by molar-refractivity contribution is 6.11. The summed E-state index contributed by atoms with van der Waals surface area (Å²) in [5.74, 6) is -1.27. The Labute approximate surface area is 135 Å². The van der Waals surface area contributed by atoms with Gasteiger partial charge >= 0.3 is 11.9 Å². The Hall–Kier alpha value is -1.67. The van der Waals surface area contributed by atoms with Gasteiger partial charge in [0.1, 0.15) is 0 Å². The second-order valence-corrected chi connectivity index (χ2v) is 5.66. The van der Waals surface area contributed by atoms with Crippen LogP contribution in [0.2, 0.25) is 0 Å². The molecule has 130 valence electrons. The quantitative estimate of drug-likeness (QED) is 0.672. The van der Waals surface area contributed by atoms with Crippen LogP contribution in [0.5, 0.6) is 0 Å². The molecule has 0 saturated carbocycles. The molecular formula is C15H23NO7. The number of hydrogen-bond donors (Lipinski definition) is 0. The molecule has 0 bridgehead atoms. The zero-order valence-corrected chi connectivity index (χ0v) is 13.7. The van der Waals surface area contributed by atoms with Gasteiger partial charge in [-0.3, -0.25) is 4.79 Å². The first-order chi connectivity index (χ1) is 11.0. The number of oxime groups is 1. The van der Waals surface area contributed by atoms with E-state index in [4.69, 9.17) is 19.0 Å². The second-order valence-electron chi connectivity index (χ2n) is 5.66. The average molecular weight is 329 g/mol. The fraction of sp³-hybridized carbons (Fsp3) is 0.800. The van der Waals surface area contributed by atoms with Gasteiger partial charge in [-0.25, -0.2) is 4.79 Å². The molecule has 0 aromatic heterocycles. The van der Waals surface area contributed by atoms with Gasteiger partial charge in [0.15, 0.2) is 11.7 Å². The molecule has 8 nitrogen and oxygen atoms in total. The Bertz CT molecular complexity index is 472. The highest BCUT2D eigenvalue weighted by Gasteiger charge is 2.57. The van der Waals surface area contributed by atoms with Crippen molar-refractivity contribution < 1.29 is 33.4 Å². The maximum absolute atomic E-state index is 12.2. The number of hydrogen-bond acceptors (Lipinski definition) is 8. The van der Waals surface area contributed by atoms with Crippen LogP contribution in [0, 0.1) is 5.41 Å². The summed E-state index contributed by atoms with van der Waals surface area (Å²) in [6.07, 6.45) is 1.91. The van der Waals surface area contributed by atoms with Crippen molar-refractivity contribution in [2.24, 2.45) is 10.6 Å². The van der Waals surface area contributed by atoms with Crippen LogP contribution in [0.25, 0.3) is 0 Å². The van der Waals surface area contributed by atoms with Crippen molar-refractivity contribution in [3.05, 3.63) is 0 Å². The van der Waals surface area contributed by atoms with Gasteiger partial charge in [-0.1, -0.05) is 5.16 Å². The molecule has 0 N–H and O–H groups in total. The molecule has 2 aliphatic rings. The molecule has 0 radical (unpaired) electrons. The standard InChI is InChI=1S/C15H23NO7/c1-15(14(18)20-3)10(16-23-12(15)13(17)19-2)7-9-22-11-6-4-5-8-21-11/h11-12H,4-9H2,1-3H3/t11?,12-,15-/m1/s1. The van der Waals surface area contributed by atoms with Gasteiger partial charge in [-0.2, -0.15) is 0 Å². The van der Waals surface area contributed by atoms with E-state index >= 15 is 0 Å². The van der Waals surface area contributed by atoms with Crippen LogP contribution in [-0.4, -0.2) is 57.5 Å². The van der Waals surface area contributed by atoms with Crippen LogP contribution < -0.4 is 0 Å². The Morgan fingerprint density at radius 3 is 2.70 bits per heavy atom. The third-order valence-electron chi connectivity index (χ3n) is 4.20. The molecule has 1 saturated heterocycles. The largest absolute Gasteiger partial charge is 0.468 e. The number of nitrogens with zero attached hydrogens (tertiary/aromatic N) is 1. The smallest absolute Gasteiger partial charge is 0.351 e. The first kappa shape index (κ1) is 17.7. The molecule has 0 aliphatic carbocycles. The SMILES string of the molecule is COC(=O)[C@H]1ON=C(CCOC2CCCCO2)[C@@]1(C)C(=O)OC. The summed E-state index contributed by atoms with van der Waals surface area (Å²) in [7, 11) is 2.48. The Morgan fingerprint density at radius 2 is 2.09 bits per heavy atom. The average Bonchev–Trinajstić information content (AvgIpc) is 2.92. The van der Waals surface area contributed by atoms with Gasteiger partial charge in [0.2, 0.25) is 6.10 Å². The molecule has 0 amide bonds. The fourth-order valence-electron chi connectivity index (χ4n) is 2.73. The van der Waals surface area contributed by atoms with Crippen LogP contribution >= 0.6 is 0 Å². The van der Waals surface area contributed by atoms with Gasteiger partial charge in [-0.15, -0.1) is 0 Å². The molecule has 0 aromatic rings. The Balaban J connectivity index is 1.98. The molecule has 2 heterocycles. The second kappa shape index (κ2) is 7.74. The lowest BCUT2D eigenvalue weighted by molar-refractivity contribution is -0.168. The summed E-state index contributed by atoms with van der Waals surface area (Å²) in [6.45, 7) is 2.57. The van der Waals surface area contributed by atoms with Gasteiger partial charge in [0.25, 0.3) is 0 Å². The number of carbonyl (C=O) groups excluding carboxylic acids is 2. The predicted octanol–water partition coefficient (Wildman–Crippen LogP) is 1.03. The molecule has 23 heavy (non-hydrogen) atoms. The van der Waals surface area contributed by atoms with Crippen molar-refractivity contribution >= 4 is 17.7 Å². The lowest BCUT2D eigenvalue weighted by Crippen LogP contribution is -2.48. The molecule has 0 spiro atoms. The minimum Gasteiger partial charge on any atom is -0.468 e. The number of esters is 2. The lowest BCUT2D eigenvalue weighted by atomic mass is 9.78. The van der Waals surface area contributed by atoms with Crippen LogP contribution in [0.15, 0.2) is 5.16 Å². The molecule has 0 aromatic carbocycles. The van der Waals surface area contributed by atoms with E-state index in [0.29, 0.717) is 25.3 Å². The van der Waals surface area contributed by atoms with E-state index in [1.807, 2.05) is 0 Å². The van der Waals surface area contributed by atoms with Gasteiger partial charge < -0.3 is 23.8 Å². The summed E-state index contributed by atoms with van der Waals surface area (Å²) in [5.41, 5.74) is -0.922. The normalized spacial score (nSPS) is 30.3. The summed E-state index contributed by atoms with van der Waals surface area (Å²) < 4.78 is 20.6. The Kier molecular flexibility index (Phi) is 5.95. The highest BCUT2D eigenvalue weighted by Crippen LogP contribution is 2.35. The minimum absolute atomic E-state index is 0.229. The van der Waals surface area contributed by atoms with E-state index in [2.05, 4.69) is 9.89 Å². The summed E-state index contributed by atoms with van der Waals surface area (Å²) in [5, 5.41) is 3.89. The highest BCUT2D eigenvalue weighted by atomic mass is 16.7. The molecule has 1 fully saturated rings. The van der Waals surface area contributed by atoms with E-state index in [9.17, 15) is 9.59 Å². The summed E-state index contributed by atoms with van der Waals surface area (Å²) >= 11 is 0. The van der Waals surface area contributed by atoms with Crippen LogP contribution in [-0.2, 0) is 33.4 Å². The van der Waals surface area contributed by atoms with Crippen LogP contribution in [0.3, 0.4) is 0 Å². The number of methoxy groups -OCH3 is 2. The number of rotatable bonds is 6. The molecule has 2 rings (SSSR count). The monoisotopic (exact) mass is 329 g/mol. The molecule has 1 unspecified atom stereocenters. The Morgan fingerprint density at radius 1 is 1.30 bits per heavy atom. The van der Waals surface area contributed by atoms with E-state index in [1.165, 1.54) is 14.2 Å². The van der Waals surface area contributed by atoms with Crippen molar-refractivity contribution in [1.29, 1.82) is 0 Å². The van der Waals surface area contributed by atoms with Crippen molar-refractivity contribution in [3.63, 3.8) is 0 Å². The van der Waals surface area contributed by atoms with E-state index in [0.717, 1.165) is 19.3 Å². The van der Waals surface area contributed by atoms with Crippen molar-refractivity contribution in [2.75, 3.05) is 27.4 Å². The van der Waals surface area contributed by atoms with Gasteiger partial charge in [0.05, 0.1) is 26.5 Å². The number of ether oxygens (including phenoxy) is 4. The molecule has 2 aliphatic heterocycles. The zero-order valence-electron chi connectivity index (χ0n) is 13.7. The predicted molar refractivity (Wildman–Crippen MR) is 78.6 cm³/mol. The fourth-order valence-corrected chi connectivity index (χ4v) is 2.73. The molecule has 8 heteroatoms. The van der Waals surface area contributed by atoms with E-state index in [1.54, 1.807) is 6.92 Å². The third kappa shape index (κ3) is 3.64.